The maximum atomic E-state index is 12.4. The lowest BCUT2D eigenvalue weighted by atomic mass is 10.1. The fourth-order valence-electron chi connectivity index (χ4n) is 3.61. The Labute approximate surface area is 144 Å². The molecule has 1 aliphatic carbocycles. The molecular weight excluding hydrogens is 318 g/mol. The Hall–Kier alpha value is -2.89. The molecule has 1 aliphatic heterocycles. The summed E-state index contributed by atoms with van der Waals surface area (Å²) in [5.41, 5.74) is 3.46. The summed E-state index contributed by atoms with van der Waals surface area (Å²) in [5.74, 6) is -0.811. The van der Waals surface area contributed by atoms with Crippen LogP contribution in [-0.2, 0) is 22.4 Å². The minimum atomic E-state index is -0.458. The molecule has 128 valence electrons. The van der Waals surface area contributed by atoms with Crippen LogP contribution in [0.5, 0.6) is 0 Å². The second-order valence-electron chi connectivity index (χ2n) is 6.62. The van der Waals surface area contributed by atoms with Crippen LogP contribution in [0.1, 0.15) is 24.0 Å². The first-order valence-corrected chi connectivity index (χ1v) is 8.52. The minimum absolute atomic E-state index is 0.0555. The maximum absolute atomic E-state index is 12.4. The minimum Gasteiger partial charge on any atom is -0.366 e. The Kier molecular flexibility index (Phi) is 3.87. The second-order valence-corrected chi connectivity index (χ2v) is 6.62. The van der Waals surface area contributed by atoms with Crippen molar-refractivity contribution in [3.63, 3.8) is 0 Å². The van der Waals surface area contributed by atoms with E-state index in [1.54, 1.807) is 4.90 Å². The number of pyridine rings is 1. The number of hydrogen-bond acceptors (Lipinski definition) is 3. The van der Waals surface area contributed by atoms with Crippen LogP contribution in [0.25, 0.3) is 0 Å². The van der Waals surface area contributed by atoms with Crippen molar-refractivity contribution in [3.05, 3.63) is 58.0 Å². The monoisotopic (exact) mass is 337 g/mol. The quantitative estimate of drug-likeness (QED) is 0.897. The summed E-state index contributed by atoms with van der Waals surface area (Å²) in [4.78, 5) is 41.0. The number of aromatic nitrogens is 1. The Bertz CT molecular complexity index is 903. The lowest BCUT2D eigenvalue weighted by Gasteiger charge is -2.18. The van der Waals surface area contributed by atoms with E-state index >= 15 is 0 Å². The van der Waals surface area contributed by atoms with E-state index in [4.69, 9.17) is 0 Å². The van der Waals surface area contributed by atoms with Crippen LogP contribution >= 0.6 is 0 Å². The molecule has 1 fully saturated rings. The molecule has 0 radical (unpaired) electrons. The number of H-pyrrole nitrogens is 1. The number of rotatable bonds is 3. The lowest BCUT2D eigenvalue weighted by Crippen LogP contribution is -2.29. The van der Waals surface area contributed by atoms with Crippen molar-refractivity contribution in [1.29, 1.82) is 0 Å². The van der Waals surface area contributed by atoms with E-state index in [-0.39, 0.29) is 29.4 Å². The zero-order valence-electron chi connectivity index (χ0n) is 13.7. The Morgan fingerprint density at radius 3 is 2.84 bits per heavy atom. The summed E-state index contributed by atoms with van der Waals surface area (Å²) in [7, 11) is 0. The third-order valence-corrected chi connectivity index (χ3v) is 4.97. The number of aromatic amines is 1. The van der Waals surface area contributed by atoms with Gasteiger partial charge in [0, 0.05) is 37.1 Å². The lowest BCUT2D eigenvalue weighted by molar-refractivity contribution is -0.122. The number of carbonyl (C=O) groups excluding carboxylic acids is 2. The van der Waals surface area contributed by atoms with Crippen molar-refractivity contribution in [1.82, 2.24) is 4.98 Å². The number of fused-ring (bicyclic) bond motifs is 1. The molecule has 1 saturated heterocycles. The number of amides is 2. The smallest absolute Gasteiger partial charge is 0.229 e. The zero-order valence-corrected chi connectivity index (χ0v) is 13.7. The average molecular weight is 337 g/mol. The van der Waals surface area contributed by atoms with Gasteiger partial charge in [0.05, 0.1) is 5.92 Å². The van der Waals surface area contributed by atoms with Gasteiger partial charge in [-0.25, -0.2) is 0 Å². The number of anilines is 2. The summed E-state index contributed by atoms with van der Waals surface area (Å²) in [6, 6.07) is 7.47. The van der Waals surface area contributed by atoms with Crippen LogP contribution in [0.4, 0.5) is 11.4 Å². The second kappa shape index (κ2) is 6.20. The first-order valence-electron chi connectivity index (χ1n) is 8.52. The van der Waals surface area contributed by atoms with Crippen LogP contribution in [0.3, 0.4) is 0 Å². The van der Waals surface area contributed by atoms with E-state index in [0.717, 1.165) is 24.9 Å². The van der Waals surface area contributed by atoms with E-state index in [2.05, 4.69) is 22.4 Å². The molecule has 2 aliphatic rings. The first kappa shape index (κ1) is 15.6. The van der Waals surface area contributed by atoms with Crippen LogP contribution in [0.2, 0.25) is 0 Å². The number of nitrogens with zero attached hydrogens (tertiary/aromatic N) is 1. The van der Waals surface area contributed by atoms with E-state index in [1.165, 1.54) is 29.6 Å². The predicted molar refractivity (Wildman–Crippen MR) is 94.6 cm³/mol. The van der Waals surface area contributed by atoms with Gasteiger partial charge >= 0.3 is 0 Å². The van der Waals surface area contributed by atoms with Gasteiger partial charge in [-0.15, -0.1) is 0 Å². The highest BCUT2D eigenvalue weighted by Crippen LogP contribution is 2.30. The summed E-state index contributed by atoms with van der Waals surface area (Å²) in [6.45, 7) is 0.341. The van der Waals surface area contributed by atoms with Crippen LogP contribution in [0, 0.1) is 5.92 Å². The van der Waals surface area contributed by atoms with Crippen LogP contribution in [-0.4, -0.2) is 23.3 Å². The Morgan fingerprint density at radius 1 is 1.16 bits per heavy atom. The summed E-state index contributed by atoms with van der Waals surface area (Å²) >= 11 is 0. The molecule has 0 saturated carbocycles. The number of hydrogen-bond donors (Lipinski definition) is 2. The molecule has 0 spiro atoms. The van der Waals surface area contributed by atoms with Gasteiger partial charge in [0.25, 0.3) is 0 Å². The van der Waals surface area contributed by atoms with Crippen molar-refractivity contribution in [3.8, 4) is 0 Å². The highest BCUT2D eigenvalue weighted by molar-refractivity contribution is 6.03. The van der Waals surface area contributed by atoms with Crippen molar-refractivity contribution in [2.75, 3.05) is 16.8 Å². The van der Waals surface area contributed by atoms with Crippen LogP contribution < -0.4 is 15.6 Å². The molecule has 1 aromatic heterocycles. The molecule has 6 nitrogen and oxygen atoms in total. The molecule has 0 bridgehead atoms. The van der Waals surface area contributed by atoms with Crippen molar-refractivity contribution >= 4 is 23.2 Å². The van der Waals surface area contributed by atoms with Gasteiger partial charge in [0.1, 0.15) is 5.69 Å². The molecule has 6 heteroatoms. The fourth-order valence-corrected chi connectivity index (χ4v) is 3.61. The Morgan fingerprint density at radius 2 is 2.00 bits per heavy atom. The van der Waals surface area contributed by atoms with E-state index in [0.29, 0.717) is 6.54 Å². The van der Waals surface area contributed by atoms with Gasteiger partial charge in [-0.2, -0.15) is 0 Å². The van der Waals surface area contributed by atoms with Crippen molar-refractivity contribution < 1.29 is 9.59 Å². The molecule has 1 aromatic carbocycles. The van der Waals surface area contributed by atoms with E-state index in [9.17, 15) is 14.4 Å². The standard InChI is InChI=1S/C19H19N3O3/c23-17-6-7-20-10-16(17)21-19(25)14-9-18(24)22(11-14)15-5-4-12-2-1-3-13(12)8-15/h4-8,10,14H,1-3,9,11H2,(H,20,23)(H,21,25)/t14-/m0/s1. The number of carbonyl (C=O) groups is 2. The zero-order chi connectivity index (χ0) is 17.4. The summed E-state index contributed by atoms with van der Waals surface area (Å²) < 4.78 is 0. The molecule has 2 amide bonds. The van der Waals surface area contributed by atoms with Gasteiger partial charge in [-0.05, 0) is 42.5 Å². The first-order chi connectivity index (χ1) is 12.1. The third-order valence-electron chi connectivity index (χ3n) is 4.97. The average Bonchev–Trinajstić information content (AvgIpc) is 3.22. The van der Waals surface area contributed by atoms with Crippen molar-refractivity contribution in [2.24, 2.45) is 5.92 Å². The largest absolute Gasteiger partial charge is 0.366 e. The van der Waals surface area contributed by atoms with Gasteiger partial charge in [0.2, 0.25) is 17.2 Å². The highest BCUT2D eigenvalue weighted by Gasteiger charge is 2.35. The van der Waals surface area contributed by atoms with Gasteiger partial charge < -0.3 is 15.2 Å². The van der Waals surface area contributed by atoms with Gasteiger partial charge in [0.15, 0.2) is 0 Å². The van der Waals surface area contributed by atoms with Crippen LogP contribution in [0.15, 0.2) is 41.5 Å². The maximum Gasteiger partial charge on any atom is 0.229 e. The molecule has 2 N–H and O–H groups in total. The third kappa shape index (κ3) is 2.95. The molecule has 2 aromatic rings. The van der Waals surface area contributed by atoms with E-state index in [1.807, 2.05) is 6.07 Å². The number of aryl methyl sites for hydroxylation is 2. The van der Waals surface area contributed by atoms with Gasteiger partial charge in [-0.1, -0.05) is 6.07 Å². The Balaban J connectivity index is 1.49. The van der Waals surface area contributed by atoms with E-state index < -0.39 is 5.92 Å². The SMILES string of the molecule is O=C(Nc1c[nH]ccc1=O)[C@H]1CC(=O)N(c2ccc3c(c2)CCC3)C1. The normalized spacial score (nSPS) is 19.1. The number of nitrogens with one attached hydrogen (secondary N) is 2. The summed E-state index contributed by atoms with van der Waals surface area (Å²) in [5, 5.41) is 2.62. The molecular formula is C19H19N3O3. The highest BCUT2D eigenvalue weighted by atomic mass is 16.2. The molecule has 4 rings (SSSR count). The predicted octanol–water partition coefficient (Wildman–Crippen LogP) is 1.86. The molecule has 25 heavy (non-hydrogen) atoms. The van der Waals surface area contributed by atoms with Crippen molar-refractivity contribution in [2.45, 2.75) is 25.7 Å². The molecule has 1 atom stereocenters. The number of benzene rings is 1. The van der Waals surface area contributed by atoms with Gasteiger partial charge in [-0.3, -0.25) is 14.4 Å². The topological polar surface area (TPSA) is 82.3 Å². The summed E-state index contributed by atoms with van der Waals surface area (Å²) in [6.07, 6.45) is 6.42. The molecule has 0 unspecified atom stereocenters. The molecule has 2 heterocycles. The fraction of sp³-hybridized carbons (Fsp3) is 0.316.